The first kappa shape index (κ1) is 23.9. The molecule has 0 saturated heterocycles. The molecule has 0 amide bonds. The van der Waals surface area contributed by atoms with Crippen LogP contribution in [0, 0.1) is 0 Å². The number of hydrogen-bond donors (Lipinski definition) is 1. The van der Waals surface area contributed by atoms with Gasteiger partial charge in [-0.25, -0.2) is 0 Å². The van der Waals surface area contributed by atoms with Gasteiger partial charge in [0.1, 0.15) is 0 Å². The van der Waals surface area contributed by atoms with Gasteiger partial charge in [-0.1, -0.05) is 0 Å². The minimum atomic E-state index is -0.144. The fourth-order valence-corrected chi connectivity index (χ4v) is 4.38. The van der Waals surface area contributed by atoms with E-state index in [1.165, 1.54) is 27.0 Å². The zero-order valence-electron chi connectivity index (χ0n) is 15.3. The van der Waals surface area contributed by atoms with E-state index >= 15 is 0 Å². The van der Waals surface area contributed by atoms with Crippen molar-refractivity contribution in [2.24, 2.45) is 0 Å². The number of likely N-dealkylation sites (N-methyl/N-ethyl adjacent to an activating group) is 1. The van der Waals surface area contributed by atoms with Crippen molar-refractivity contribution in [2.75, 3.05) is 20.6 Å². The second-order valence-corrected chi connectivity index (χ2v) is 8.77. The predicted octanol–water partition coefficient (Wildman–Crippen LogP) is 4.69. The molecule has 0 spiro atoms. The molecule has 0 aromatic heterocycles. The van der Waals surface area contributed by atoms with Gasteiger partial charge in [0.2, 0.25) is 0 Å². The van der Waals surface area contributed by atoms with E-state index < -0.39 is 0 Å². The Hall–Kier alpha value is -0.0857. The van der Waals surface area contributed by atoms with Crippen LogP contribution in [0.1, 0.15) is 38.3 Å². The van der Waals surface area contributed by atoms with Crippen molar-refractivity contribution in [3.8, 4) is 0 Å². The molecule has 134 valence electrons. The van der Waals surface area contributed by atoms with Crippen LogP contribution in [0.2, 0.25) is 0 Å². The summed E-state index contributed by atoms with van der Waals surface area (Å²) in [6.45, 7) is 7.78. The average Bonchev–Trinajstić information content (AvgIpc) is 2.85. The van der Waals surface area contributed by atoms with Crippen LogP contribution in [-0.2, 0) is 24.1 Å². The van der Waals surface area contributed by atoms with Crippen molar-refractivity contribution in [2.45, 2.75) is 37.5 Å². The SMILES string of the molecule is CN(C)CC1=CCC(c2ccccc2[CH2][Ti][NH]C(C)(C)C)=C1.Cl.Cl. The Morgan fingerprint density at radius 1 is 1.12 bits per heavy atom. The van der Waals surface area contributed by atoms with Crippen molar-refractivity contribution in [3.05, 3.63) is 53.1 Å². The number of benzene rings is 1. The van der Waals surface area contributed by atoms with Gasteiger partial charge in [-0.15, -0.1) is 24.8 Å². The van der Waals surface area contributed by atoms with Crippen molar-refractivity contribution in [3.63, 3.8) is 0 Å². The molecule has 0 heterocycles. The van der Waals surface area contributed by atoms with Gasteiger partial charge in [-0.2, -0.15) is 0 Å². The number of nitrogens with zero attached hydrogens (tertiary/aromatic N) is 1. The molecule has 2 nitrogen and oxygen atoms in total. The molecule has 0 aliphatic heterocycles. The van der Waals surface area contributed by atoms with Crippen molar-refractivity contribution in [1.29, 1.82) is 0 Å². The summed E-state index contributed by atoms with van der Waals surface area (Å²) < 4.78 is 4.91. The number of nitrogens with one attached hydrogen (secondary N) is 1. The Kier molecular flexibility index (Phi) is 10.8. The molecule has 1 aliphatic carbocycles. The van der Waals surface area contributed by atoms with E-state index in [1.54, 1.807) is 0 Å². The quantitative estimate of drug-likeness (QED) is 0.691. The zero-order chi connectivity index (χ0) is 16.2. The Morgan fingerprint density at radius 2 is 1.79 bits per heavy atom. The summed E-state index contributed by atoms with van der Waals surface area (Å²) >= 11 is -0.144. The first-order chi connectivity index (χ1) is 10.3. The van der Waals surface area contributed by atoms with Crippen LogP contribution in [-0.4, -0.2) is 31.1 Å². The van der Waals surface area contributed by atoms with Gasteiger partial charge < -0.3 is 0 Å². The number of hydrogen-bond acceptors (Lipinski definition) is 2. The first-order valence-electron chi connectivity index (χ1n) is 7.98. The molecule has 1 aromatic carbocycles. The monoisotopic (exact) mass is 404 g/mol. The van der Waals surface area contributed by atoms with E-state index in [0.29, 0.717) is 0 Å². The summed E-state index contributed by atoms with van der Waals surface area (Å²) in [6, 6.07) is 8.93. The normalized spacial score (nSPS) is 13.8. The summed E-state index contributed by atoms with van der Waals surface area (Å²) in [5.74, 6) is 0. The summed E-state index contributed by atoms with van der Waals surface area (Å²) in [6.07, 6.45) is 5.83. The second-order valence-electron chi connectivity index (χ2n) is 7.28. The molecule has 0 radical (unpaired) electrons. The van der Waals surface area contributed by atoms with Crippen LogP contribution in [0.3, 0.4) is 0 Å². The van der Waals surface area contributed by atoms with Crippen molar-refractivity contribution in [1.82, 2.24) is 8.70 Å². The Labute approximate surface area is 169 Å². The maximum Gasteiger partial charge on any atom is -0.147 e. The molecule has 2 rings (SSSR count). The van der Waals surface area contributed by atoms with Crippen LogP contribution >= 0.6 is 24.8 Å². The van der Waals surface area contributed by atoms with Crippen molar-refractivity contribution >= 4 is 30.4 Å². The van der Waals surface area contributed by atoms with Gasteiger partial charge in [0.25, 0.3) is 0 Å². The van der Waals surface area contributed by atoms with Gasteiger partial charge in [0, 0.05) is 0 Å². The van der Waals surface area contributed by atoms with Gasteiger partial charge in [-0.05, 0) is 0 Å². The maximum absolute atomic E-state index is 3.71. The van der Waals surface area contributed by atoms with E-state index in [2.05, 4.69) is 80.0 Å². The molecule has 0 atom stereocenters. The fourth-order valence-electron chi connectivity index (χ4n) is 2.64. The molecular weight excluding hydrogens is 375 g/mol. The van der Waals surface area contributed by atoms with E-state index in [4.69, 9.17) is 0 Å². The third kappa shape index (κ3) is 7.86. The van der Waals surface area contributed by atoms with Crippen LogP contribution in [0.4, 0.5) is 0 Å². The largest absolute Gasteiger partial charge is 0.147 e. The molecular formula is C19H30Cl2N2Ti. The molecule has 1 aliphatic rings. The van der Waals surface area contributed by atoms with E-state index in [0.717, 1.165) is 13.0 Å². The molecule has 1 aromatic rings. The zero-order valence-corrected chi connectivity index (χ0v) is 18.5. The average molecular weight is 405 g/mol. The van der Waals surface area contributed by atoms with E-state index in [9.17, 15) is 0 Å². The summed E-state index contributed by atoms with van der Waals surface area (Å²) in [5.41, 5.74) is 6.12. The second kappa shape index (κ2) is 10.8. The number of rotatable bonds is 6. The molecule has 24 heavy (non-hydrogen) atoms. The van der Waals surface area contributed by atoms with Crippen LogP contribution in [0.5, 0.6) is 0 Å². The Balaban J connectivity index is 0.00000264. The standard InChI is InChI=1S/C15H18N.C4H10N.2ClH.Ti/c1-12-6-4-5-7-15(12)14-9-8-13(10-14)11-16(2)3;1-4(2,3)5;;;/h4-8,10H,1,9,11H2,2-3H3;5H,1-3H3;2*1H;/q;-1;;;+1. The molecule has 1 N–H and O–H groups in total. The third-order valence-corrected chi connectivity index (χ3v) is 5.87. The van der Waals surface area contributed by atoms with E-state index in [1.807, 2.05) is 0 Å². The molecule has 0 bridgehead atoms. The van der Waals surface area contributed by atoms with Gasteiger partial charge in [-0.3, -0.25) is 0 Å². The van der Waals surface area contributed by atoms with Gasteiger partial charge >= 0.3 is 145 Å². The molecule has 0 unspecified atom stereocenters. The van der Waals surface area contributed by atoms with Gasteiger partial charge in [0.15, 0.2) is 0 Å². The van der Waals surface area contributed by atoms with Crippen LogP contribution in [0.15, 0.2) is 42.0 Å². The first-order valence-corrected chi connectivity index (χ1v) is 9.86. The Morgan fingerprint density at radius 3 is 2.42 bits per heavy atom. The van der Waals surface area contributed by atoms with Crippen LogP contribution < -0.4 is 3.80 Å². The smallest absolute Gasteiger partial charge is 0.147 e. The molecule has 0 fully saturated rings. The summed E-state index contributed by atoms with van der Waals surface area (Å²) in [5, 5.41) is 0. The number of allylic oxidation sites excluding steroid dienone is 2. The van der Waals surface area contributed by atoms with Crippen LogP contribution in [0.25, 0.3) is 5.57 Å². The summed E-state index contributed by atoms with van der Waals surface area (Å²) in [7, 11) is 4.26. The Bertz CT molecular complexity index is 575. The van der Waals surface area contributed by atoms with Gasteiger partial charge in [0.05, 0.1) is 0 Å². The minimum absolute atomic E-state index is 0. The van der Waals surface area contributed by atoms with E-state index in [-0.39, 0.29) is 49.8 Å². The fraction of sp³-hybridized carbons (Fsp3) is 0.474. The topological polar surface area (TPSA) is 15.3 Å². The minimum Gasteiger partial charge on any atom is -0.147 e. The summed E-state index contributed by atoms with van der Waals surface area (Å²) in [4.78, 5) is 2.23. The molecule has 5 heteroatoms. The molecule has 0 saturated carbocycles. The van der Waals surface area contributed by atoms with Crippen molar-refractivity contribution < 1.29 is 19.4 Å². The predicted molar refractivity (Wildman–Crippen MR) is 107 cm³/mol. The number of halogens is 2. The maximum atomic E-state index is 3.71. The third-order valence-electron chi connectivity index (χ3n) is 3.55.